The summed E-state index contributed by atoms with van der Waals surface area (Å²) in [7, 11) is 0. The van der Waals surface area contributed by atoms with Crippen LogP contribution < -0.4 is 0 Å². The summed E-state index contributed by atoms with van der Waals surface area (Å²) in [6.45, 7) is 0. The van der Waals surface area contributed by atoms with Gasteiger partial charge < -0.3 is 10.2 Å². The van der Waals surface area contributed by atoms with Crippen LogP contribution in [-0.2, 0) is 6.42 Å². The third-order valence-electron chi connectivity index (χ3n) is 2.96. The van der Waals surface area contributed by atoms with Crippen molar-refractivity contribution in [1.29, 1.82) is 0 Å². The Hall–Kier alpha value is -2.14. The lowest BCUT2D eigenvalue weighted by Crippen LogP contribution is -2.10. The Morgan fingerprint density at radius 2 is 1.45 bits per heavy atom. The monoisotopic (exact) mass is 334 g/mol. The predicted octanol–water partition coefficient (Wildman–Crippen LogP) is 3.44. The molecular weight excluding hydrogens is 324 g/mol. The van der Waals surface area contributed by atoms with E-state index in [-0.39, 0.29) is 17.5 Å². The van der Waals surface area contributed by atoms with Crippen LogP contribution in [-0.4, -0.2) is 22.2 Å². The van der Waals surface area contributed by atoms with E-state index in [1.165, 1.54) is 18.2 Å². The molecule has 20 heavy (non-hydrogen) atoms. The molecule has 0 radical (unpaired) electrons. The van der Waals surface area contributed by atoms with E-state index in [0.717, 1.165) is 10.0 Å². The van der Waals surface area contributed by atoms with E-state index >= 15 is 0 Å². The Labute approximate surface area is 123 Å². The van der Waals surface area contributed by atoms with Gasteiger partial charge >= 0.3 is 11.9 Å². The topological polar surface area (TPSA) is 74.6 Å². The molecule has 0 amide bonds. The van der Waals surface area contributed by atoms with E-state index in [4.69, 9.17) is 0 Å². The van der Waals surface area contributed by atoms with Crippen molar-refractivity contribution in [3.8, 4) is 0 Å². The minimum atomic E-state index is -1.13. The molecule has 0 aliphatic rings. The minimum Gasteiger partial charge on any atom is -0.478 e. The van der Waals surface area contributed by atoms with E-state index in [1.807, 2.05) is 24.3 Å². The standard InChI is InChI=1S/C15H11BrO4/c16-13-7-2-1-4-9(13)8-12-10(14(17)18)5-3-6-11(12)15(19)20/h1-7H,8H2,(H,17,18)(H,19,20). The van der Waals surface area contributed by atoms with Crippen LogP contribution in [0.1, 0.15) is 31.8 Å². The van der Waals surface area contributed by atoms with Crippen molar-refractivity contribution in [3.05, 3.63) is 69.2 Å². The highest BCUT2D eigenvalue weighted by molar-refractivity contribution is 9.10. The van der Waals surface area contributed by atoms with E-state index < -0.39 is 11.9 Å². The van der Waals surface area contributed by atoms with Crippen molar-refractivity contribution >= 4 is 27.9 Å². The number of carboxylic acids is 2. The molecule has 0 heterocycles. The highest BCUT2D eigenvalue weighted by Gasteiger charge is 2.18. The molecule has 0 fully saturated rings. The Morgan fingerprint density at radius 1 is 0.900 bits per heavy atom. The van der Waals surface area contributed by atoms with Gasteiger partial charge in [-0.05, 0) is 29.3 Å². The van der Waals surface area contributed by atoms with Gasteiger partial charge in [0.2, 0.25) is 0 Å². The third-order valence-corrected chi connectivity index (χ3v) is 3.74. The molecule has 4 nitrogen and oxygen atoms in total. The maximum atomic E-state index is 11.3. The van der Waals surface area contributed by atoms with Gasteiger partial charge in [0.25, 0.3) is 0 Å². The van der Waals surface area contributed by atoms with E-state index in [9.17, 15) is 19.8 Å². The lowest BCUT2D eigenvalue weighted by Gasteiger charge is -2.11. The van der Waals surface area contributed by atoms with Crippen LogP contribution in [0.5, 0.6) is 0 Å². The quantitative estimate of drug-likeness (QED) is 0.898. The number of halogens is 1. The maximum Gasteiger partial charge on any atom is 0.336 e. The number of aromatic carboxylic acids is 2. The number of benzene rings is 2. The molecule has 0 aliphatic heterocycles. The summed E-state index contributed by atoms with van der Waals surface area (Å²) in [6.07, 6.45) is 0.242. The molecule has 2 N–H and O–H groups in total. The SMILES string of the molecule is O=C(O)c1cccc(C(=O)O)c1Cc1ccccc1Br. The van der Waals surface area contributed by atoms with Crippen LogP contribution in [0.15, 0.2) is 46.9 Å². The van der Waals surface area contributed by atoms with Gasteiger partial charge in [0, 0.05) is 10.9 Å². The molecule has 2 rings (SSSR count). The first-order valence-electron chi connectivity index (χ1n) is 5.82. The zero-order valence-electron chi connectivity index (χ0n) is 10.3. The molecule has 0 saturated carbocycles. The Bertz CT molecular complexity index is 647. The number of rotatable bonds is 4. The molecule has 102 valence electrons. The smallest absolute Gasteiger partial charge is 0.336 e. The van der Waals surface area contributed by atoms with Gasteiger partial charge in [-0.1, -0.05) is 40.2 Å². The van der Waals surface area contributed by atoms with E-state index in [0.29, 0.717) is 5.56 Å². The average molecular weight is 335 g/mol. The highest BCUT2D eigenvalue weighted by Crippen LogP contribution is 2.24. The molecule has 0 aliphatic carbocycles. The fourth-order valence-electron chi connectivity index (χ4n) is 2.01. The van der Waals surface area contributed by atoms with Crippen molar-refractivity contribution in [2.45, 2.75) is 6.42 Å². The van der Waals surface area contributed by atoms with Crippen LogP contribution in [0.2, 0.25) is 0 Å². The van der Waals surface area contributed by atoms with Gasteiger partial charge in [0.05, 0.1) is 11.1 Å². The third kappa shape index (κ3) is 2.88. The van der Waals surface area contributed by atoms with Crippen molar-refractivity contribution < 1.29 is 19.8 Å². The fraction of sp³-hybridized carbons (Fsp3) is 0.0667. The largest absolute Gasteiger partial charge is 0.478 e. The van der Waals surface area contributed by atoms with Crippen LogP contribution in [0.25, 0.3) is 0 Å². The molecule has 0 spiro atoms. The van der Waals surface area contributed by atoms with Crippen LogP contribution in [0, 0.1) is 0 Å². The summed E-state index contributed by atoms with van der Waals surface area (Å²) in [5.74, 6) is -2.26. The summed E-state index contributed by atoms with van der Waals surface area (Å²) < 4.78 is 0.816. The Morgan fingerprint density at radius 3 is 1.95 bits per heavy atom. The zero-order chi connectivity index (χ0) is 14.7. The van der Waals surface area contributed by atoms with Crippen LogP contribution in [0.4, 0.5) is 0 Å². The number of hydrogen-bond acceptors (Lipinski definition) is 2. The Balaban J connectivity index is 2.57. The second-order valence-corrected chi connectivity index (χ2v) is 5.06. The maximum absolute atomic E-state index is 11.3. The second kappa shape index (κ2) is 5.88. The van der Waals surface area contributed by atoms with Crippen molar-refractivity contribution in [3.63, 3.8) is 0 Å². The second-order valence-electron chi connectivity index (χ2n) is 4.21. The molecule has 0 aromatic heterocycles. The van der Waals surface area contributed by atoms with Gasteiger partial charge in [-0.25, -0.2) is 9.59 Å². The zero-order valence-corrected chi connectivity index (χ0v) is 11.9. The van der Waals surface area contributed by atoms with E-state index in [2.05, 4.69) is 15.9 Å². The average Bonchev–Trinajstić information content (AvgIpc) is 2.41. The van der Waals surface area contributed by atoms with Gasteiger partial charge in [0.15, 0.2) is 0 Å². The normalized spacial score (nSPS) is 10.2. The van der Waals surface area contributed by atoms with Crippen molar-refractivity contribution in [2.75, 3.05) is 0 Å². The van der Waals surface area contributed by atoms with Gasteiger partial charge in [-0.3, -0.25) is 0 Å². The Kier molecular flexibility index (Phi) is 4.20. The number of carbonyl (C=O) groups is 2. The fourth-order valence-corrected chi connectivity index (χ4v) is 2.44. The lowest BCUT2D eigenvalue weighted by atomic mass is 9.94. The molecule has 2 aromatic rings. The highest BCUT2D eigenvalue weighted by atomic mass is 79.9. The number of carboxylic acid groups (broad SMARTS) is 2. The molecular formula is C15H11BrO4. The van der Waals surface area contributed by atoms with Crippen molar-refractivity contribution in [1.82, 2.24) is 0 Å². The summed E-state index contributed by atoms with van der Waals surface area (Å²) in [6, 6.07) is 11.6. The minimum absolute atomic E-state index is 0.0145. The van der Waals surface area contributed by atoms with Crippen LogP contribution in [0.3, 0.4) is 0 Å². The van der Waals surface area contributed by atoms with E-state index in [1.54, 1.807) is 0 Å². The molecule has 5 heteroatoms. The van der Waals surface area contributed by atoms with Gasteiger partial charge in [-0.2, -0.15) is 0 Å². The summed E-state index contributed by atoms with van der Waals surface area (Å²) in [5.41, 5.74) is 1.17. The number of hydrogen-bond donors (Lipinski definition) is 2. The molecule has 2 aromatic carbocycles. The molecule has 0 bridgehead atoms. The first-order valence-corrected chi connectivity index (χ1v) is 6.62. The lowest BCUT2D eigenvalue weighted by molar-refractivity contribution is 0.0696. The first-order chi connectivity index (χ1) is 9.50. The summed E-state index contributed by atoms with van der Waals surface area (Å²) >= 11 is 3.38. The van der Waals surface area contributed by atoms with Crippen molar-refractivity contribution in [2.24, 2.45) is 0 Å². The molecule has 0 atom stereocenters. The van der Waals surface area contributed by atoms with Gasteiger partial charge in [0.1, 0.15) is 0 Å². The molecule has 0 saturated heterocycles. The predicted molar refractivity (Wildman–Crippen MR) is 77.3 cm³/mol. The summed E-state index contributed by atoms with van der Waals surface area (Å²) in [5, 5.41) is 18.4. The summed E-state index contributed by atoms with van der Waals surface area (Å²) in [4.78, 5) is 22.5. The van der Waals surface area contributed by atoms with Gasteiger partial charge in [-0.15, -0.1) is 0 Å². The molecule has 0 unspecified atom stereocenters. The first kappa shape index (κ1) is 14.3. The van der Waals surface area contributed by atoms with Crippen LogP contribution >= 0.6 is 15.9 Å².